The van der Waals surface area contributed by atoms with Crippen molar-refractivity contribution < 1.29 is 14.4 Å². The van der Waals surface area contributed by atoms with Crippen LogP contribution in [-0.2, 0) is 9.59 Å². The summed E-state index contributed by atoms with van der Waals surface area (Å²) >= 11 is 0. The molecule has 1 aliphatic heterocycles. The van der Waals surface area contributed by atoms with Crippen LogP contribution < -0.4 is 11.1 Å². The van der Waals surface area contributed by atoms with Crippen LogP contribution in [0, 0.1) is 0 Å². The van der Waals surface area contributed by atoms with Gasteiger partial charge in [-0.15, -0.1) is 0 Å². The number of nitrogens with two attached hydrogens (primary N) is 1. The van der Waals surface area contributed by atoms with Crippen LogP contribution in [-0.4, -0.2) is 39.8 Å². The van der Waals surface area contributed by atoms with Gasteiger partial charge in [0.05, 0.1) is 5.69 Å². The van der Waals surface area contributed by atoms with Gasteiger partial charge in [-0.3, -0.25) is 19.7 Å². The first-order valence-corrected chi connectivity index (χ1v) is 6.59. The highest BCUT2D eigenvalue weighted by molar-refractivity contribution is 6.06. The predicted octanol–water partition coefficient (Wildman–Crippen LogP) is -0.108. The second-order valence-electron chi connectivity index (χ2n) is 5.32. The quantitative estimate of drug-likeness (QED) is 0.737. The topological polar surface area (TPSA) is 97.4 Å². The van der Waals surface area contributed by atoms with Crippen molar-refractivity contribution in [2.24, 2.45) is 0 Å². The van der Waals surface area contributed by atoms with E-state index in [4.69, 9.17) is 5.73 Å². The molecule has 2 fully saturated rings. The van der Waals surface area contributed by atoms with Crippen LogP contribution in [0.5, 0.6) is 0 Å². The number of nitrogen functional groups attached to an aromatic ring is 1. The zero-order chi connectivity index (χ0) is 14.4. The molecule has 1 unspecified atom stereocenters. The number of carbonyl (C=O) groups excluding carboxylic acids is 3. The normalized spacial score (nSPS) is 22.9. The minimum absolute atomic E-state index is 0.110. The van der Waals surface area contributed by atoms with Crippen LogP contribution in [0.15, 0.2) is 12.3 Å². The summed E-state index contributed by atoms with van der Waals surface area (Å²) in [6.45, 7) is 1.49. The van der Waals surface area contributed by atoms with E-state index in [0.717, 1.165) is 12.8 Å². The summed E-state index contributed by atoms with van der Waals surface area (Å²) in [4.78, 5) is 36.9. The molecular formula is C13H16N4O3. The molecule has 1 saturated carbocycles. The third-order valence-corrected chi connectivity index (χ3v) is 3.71. The number of aromatic nitrogens is 1. The largest absolute Gasteiger partial charge is 0.397 e. The summed E-state index contributed by atoms with van der Waals surface area (Å²) in [5.41, 5.74) is 6.72. The molecule has 2 heterocycles. The van der Waals surface area contributed by atoms with E-state index in [1.165, 1.54) is 4.90 Å². The summed E-state index contributed by atoms with van der Waals surface area (Å²) in [5.74, 6) is -1.24. The van der Waals surface area contributed by atoms with Crippen molar-refractivity contribution in [3.05, 3.63) is 18.0 Å². The van der Waals surface area contributed by atoms with E-state index in [9.17, 15) is 14.4 Å². The Balaban J connectivity index is 1.91. The third kappa shape index (κ3) is 2.04. The zero-order valence-corrected chi connectivity index (χ0v) is 11.1. The van der Waals surface area contributed by atoms with Crippen molar-refractivity contribution in [3.8, 4) is 0 Å². The number of imide groups is 1. The number of piperazine rings is 1. The molecule has 20 heavy (non-hydrogen) atoms. The van der Waals surface area contributed by atoms with Crippen molar-refractivity contribution in [1.29, 1.82) is 0 Å². The Bertz CT molecular complexity index is 603. The van der Waals surface area contributed by atoms with Crippen molar-refractivity contribution in [3.63, 3.8) is 0 Å². The van der Waals surface area contributed by atoms with Gasteiger partial charge >= 0.3 is 0 Å². The van der Waals surface area contributed by atoms with E-state index in [0.29, 0.717) is 17.4 Å². The van der Waals surface area contributed by atoms with Gasteiger partial charge in [-0.1, -0.05) is 0 Å². The Morgan fingerprint density at radius 1 is 1.40 bits per heavy atom. The molecule has 3 N–H and O–H groups in total. The summed E-state index contributed by atoms with van der Waals surface area (Å²) in [5, 5.41) is 2.22. The van der Waals surface area contributed by atoms with E-state index >= 15 is 0 Å². The molecule has 1 aliphatic carbocycles. The smallest absolute Gasteiger partial charge is 0.271 e. The lowest BCUT2D eigenvalue weighted by molar-refractivity contribution is -0.138. The number of hydrogen-bond donors (Lipinski definition) is 2. The maximum Gasteiger partial charge on any atom is 0.271 e. The Hall–Kier alpha value is -2.31. The van der Waals surface area contributed by atoms with Gasteiger partial charge in [-0.25, -0.2) is 0 Å². The lowest BCUT2D eigenvalue weighted by Crippen LogP contribution is -2.58. The highest BCUT2D eigenvalue weighted by atomic mass is 16.2. The van der Waals surface area contributed by atoms with Crippen LogP contribution in [0.25, 0.3) is 0 Å². The van der Waals surface area contributed by atoms with Gasteiger partial charge in [-0.05, 0) is 25.8 Å². The second kappa shape index (κ2) is 4.36. The first kappa shape index (κ1) is 12.7. The van der Waals surface area contributed by atoms with E-state index in [2.05, 4.69) is 5.32 Å². The second-order valence-corrected chi connectivity index (χ2v) is 5.32. The SMILES string of the molecule is CC1C(=O)NC(=O)CN1C(=O)c1cc(N)cn1C1CC1. The van der Waals surface area contributed by atoms with Gasteiger partial charge in [0, 0.05) is 12.2 Å². The summed E-state index contributed by atoms with van der Waals surface area (Å²) in [6.07, 6.45) is 3.77. The van der Waals surface area contributed by atoms with Gasteiger partial charge < -0.3 is 15.2 Å². The molecule has 0 radical (unpaired) electrons. The lowest BCUT2D eigenvalue weighted by atomic mass is 10.2. The summed E-state index contributed by atoms with van der Waals surface area (Å²) in [7, 11) is 0. The number of carbonyl (C=O) groups is 3. The first-order valence-electron chi connectivity index (χ1n) is 6.59. The Kier molecular flexibility index (Phi) is 2.77. The number of rotatable bonds is 2. The number of hydrogen-bond acceptors (Lipinski definition) is 4. The third-order valence-electron chi connectivity index (χ3n) is 3.71. The molecule has 2 aliphatic rings. The minimum atomic E-state index is -0.663. The monoisotopic (exact) mass is 276 g/mol. The maximum atomic E-state index is 12.6. The van der Waals surface area contributed by atoms with Crippen molar-refractivity contribution in [2.75, 3.05) is 12.3 Å². The van der Waals surface area contributed by atoms with Crippen LogP contribution in [0.4, 0.5) is 5.69 Å². The molecule has 0 bridgehead atoms. The predicted molar refractivity (Wildman–Crippen MR) is 70.8 cm³/mol. The van der Waals surface area contributed by atoms with Crippen LogP contribution in [0.3, 0.4) is 0 Å². The maximum absolute atomic E-state index is 12.6. The molecule has 7 heteroatoms. The molecule has 1 aromatic rings. The zero-order valence-electron chi connectivity index (χ0n) is 11.1. The Morgan fingerprint density at radius 2 is 2.10 bits per heavy atom. The average molecular weight is 276 g/mol. The fraction of sp³-hybridized carbons (Fsp3) is 0.462. The molecule has 3 amide bonds. The number of nitrogens with one attached hydrogen (secondary N) is 1. The fourth-order valence-corrected chi connectivity index (χ4v) is 2.44. The molecule has 106 valence electrons. The Morgan fingerprint density at radius 3 is 2.75 bits per heavy atom. The molecule has 1 aromatic heterocycles. The average Bonchev–Trinajstić information content (AvgIpc) is 3.16. The first-order chi connectivity index (χ1) is 9.47. The highest BCUT2D eigenvalue weighted by Crippen LogP contribution is 2.37. The molecule has 3 rings (SSSR count). The summed E-state index contributed by atoms with van der Waals surface area (Å²) in [6, 6.07) is 1.24. The summed E-state index contributed by atoms with van der Waals surface area (Å²) < 4.78 is 1.85. The standard InChI is InChI=1S/C13H16N4O3/c1-7-12(19)15-11(18)6-16(7)13(20)10-4-8(14)5-17(10)9-2-3-9/h4-5,7,9H,2-3,6,14H2,1H3,(H,15,18,19). The molecule has 0 aromatic carbocycles. The fourth-order valence-electron chi connectivity index (χ4n) is 2.44. The van der Waals surface area contributed by atoms with Crippen molar-refractivity contribution in [1.82, 2.24) is 14.8 Å². The molecule has 1 saturated heterocycles. The van der Waals surface area contributed by atoms with E-state index in [-0.39, 0.29) is 12.5 Å². The van der Waals surface area contributed by atoms with Crippen molar-refractivity contribution >= 4 is 23.4 Å². The number of amides is 3. The van der Waals surface area contributed by atoms with Crippen molar-refractivity contribution in [2.45, 2.75) is 31.8 Å². The number of nitrogens with zero attached hydrogens (tertiary/aromatic N) is 2. The highest BCUT2D eigenvalue weighted by Gasteiger charge is 2.36. The molecular weight excluding hydrogens is 260 g/mol. The van der Waals surface area contributed by atoms with Gasteiger partial charge in [0.15, 0.2) is 0 Å². The minimum Gasteiger partial charge on any atom is -0.397 e. The van der Waals surface area contributed by atoms with Gasteiger partial charge in [0.25, 0.3) is 5.91 Å². The van der Waals surface area contributed by atoms with E-state index in [1.54, 1.807) is 19.2 Å². The van der Waals surface area contributed by atoms with Crippen LogP contribution in [0.2, 0.25) is 0 Å². The van der Waals surface area contributed by atoms with E-state index in [1.807, 2.05) is 4.57 Å². The van der Waals surface area contributed by atoms with Gasteiger partial charge in [-0.2, -0.15) is 0 Å². The van der Waals surface area contributed by atoms with Gasteiger partial charge in [0.2, 0.25) is 11.8 Å². The number of anilines is 1. The van der Waals surface area contributed by atoms with Crippen LogP contribution >= 0.6 is 0 Å². The van der Waals surface area contributed by atoms with Crippen LogP contribution in [0.1, 0.15) is 36.3 Å². The Labute approximate surface area is 115 Å². The van der Waals surface area contributed by atoms with E-state index < -0.39 is 17.9 Å². The molecule has 1 atom stereocenters. The lowest BCUT2D eigenvalue weighted by Gasteiger charge is -2.31. The molecule has 7 nitrogen and oxygen atoms in total. The van der Waals surface area contributed by atoms with Gasteiger partial charge in [0.1, 0.15) is 18.3 Å². The molecule has 0 spiro atoms.